The first-order valence-corrected chi connectivity index (χ1v) is 13.6. The molecular weight excluding hydrogens is 564 g/mol. The third-order valence-electron chi connectivity index (χ3n) is 6.20. The molecule has 0 radical (unpaired) electrons. The molecule has 0 saturated carbocycles. The normalized spacial score (nSPS) is 11.1. The van der Waals surface area contributed by atoms with Crippen LogP contribution in [0.5, 0.6) is 11.5 Å². The minimum absolute atomic E-state index is 0.00569. The highest BCUT2D eigenvalue weighted by Gasteiger charge is 2.35. The molecule has 0 spiro atoms. The smallest absolute Gasteiger partial charge is 0.343 e. The molecule has 0 bridgehead atoms. The van der Waals surface area contributed by atoms with Crippen LogP contribution in [0.2, 0.25) is 0 Å². The Morgan fingerprint density at radius 1 is 0.810 bits per heavy atom. The number of aromatic nitrogens is 2. The van der Waals surface area contributed by atoms with E-state index in [1.165, 1.54) is 68.3 Å². The number of esters is 1. The van der Waals surface area contributed by atoms with Crippen molar-refractivity contribution < 1.29 is 32.4 Å². The second kappa shape index (κ2) is 11.4. The van der Waals surface area contributed by atoms with Gasteiger partial charge < -0.3 is 9.47 Å². The Labute approximate surface area is 239 Å². The number of pyridine rings is 2. The van der Waals surface area contributed by atoms with Crippen LogP contribution in [0.3, 0.4) is 0 Å². The van der Waals surface area contributed by atoms with Crippen LogP contribution in [-0.2, 0) is 10.0 Å². The number of ether oxygens (including phenoxy) is 2. The standard InChI is InChI=1S/C29H20N4O8S/c1-40-27-8-6-21(18-25(27)33(36)37)42(38,39)32(28(34)19-10-14-30-15-11-19)24-7-9-26(23-5-3-2-4-22(23)24)41-29(35)20-12-16-31-17-13-20/h2-18H,1H3. The van der Waals surface area contributed by atoms with Crippen LogP contribution in [0.15, 0.2) is 109 Å². The molecule has 5 rings (SSSR count). The summed E-state index contributed by atoms with van der Waals surface area (Å²) in [5, 5.41) is 12.2. The van der Waals surface area contributed by atoms with Gasteiger partial charge in [0, 0.05) is 47.2 Å². The fourth-order valence-electron chi connectivity index (χ4n) is 4.21. The van der Waals surface area contributed by atoms with E-state index in [1.807, 2.05) is 0 Å². The van der Waals surface area contributed by atoms with Crippen LogP contribution in [0.25, 0.3) is 10.8 Å². The molecule has 0 aliphatic heterocycles. The first kappa shape index (κ1) is 27.9. The number of anilines is 1. The Kier molecular flexibility index (Phi) is 7.58. The van der Waals surface area contributed by atoms with Gasteiger partial charge in [0.15, 0.2) is 5.75 Å². The summed E-state index contributed by atoms with van der Waals surface area (Å²) in [6, 6.07) is 17.9. The maximum absolute atomic E-state index is 14.1. The Bertz CT molecular complexity index is 1930. The minimum atomic E-state index is -4.76. The average molecular weight is 585 g/mol. The Hall–Kier alpha value is -5.69. The second-order valence-electron chi connectivity index (χ2n) is 8.66. The number of methoxy groups -OCH3 is 1. The monoisotopic (exact) mass is 584 g/mol. The van der Waals surface area contributed by atoms with E-state index in [2.05, 4.69) is 9.97 Å². The fourth-order valence-corrected chi connectivity index (χ4v) is 5.66. The van der Waals surface area contributed by atoms with Crippen LogP contribution in [0, 0.1) is 10.1 Å². The second-order valence-corrected chi connectivity index (χ2v) is 10.4. The fraction of sp³-hybridized carbons (Fsp3) is 0.0345. The first-order chi connectivity index (χ1) is 20.2. The van der Waals surface area contributed by atoms with Crippen molar-refractivity contribution in [1.82, 2.24) is 9.97 Å². The summed E-state index contributed by atoms with van der Waals surface area (Å²) in [4.78, 5) is 44.8. The molecule has 2 heterocycles. The van der Waals surface area contributed by atoms with Crippen molar-refractivity contribution in [3.63, 3.8) is 0 Å². The number of sulfonamides is 1. The maximum atomic E-state index is 14.1. The average Bonchev–Trinajstić information content (AvgIpc) is 3.02. The summed E-state index contributed by atoms with van der Waals surface area (Å²) < 4.78 is 39.5. The minimum Gasteiger partial charge on any atom is -0.490 e. The lowest BCUT2D eigenvalue weighted by Gasteiger charge is -2.25. The van der Waals surface area contributed by atoms with E-state index < -0.39 is 37.4 Å². The van der Waals surface area contributed by atoms with E-state index in [1.54, 1.807) is 24.3 Å². The molecule has 12 nitrogen and oxygen atoms in total. The summed E-state index contributed by atoms with van der Waals surface area (Å²) in [6.07, 6.45) is 5.54. The Balaban J connectivity index is 1.69. The van der Waals surface area contributed by atoms with Crippen LogP contribution >= 0.6 is 0 Å². The van der Waals surface area contributed by atoms with Crippen LogP contribution in [0.1, 0.15) is 20.7 Å². The van der Waals surface area contributed by atoms with Crippen molar-refractivity contribution in [3.05, 3.63) is 125 Å². The van der Waals surface area contributed by atoms with Crippen molar-refractivity contribution in [3.8, 4) is 11.5 Å². The summed E-state index contributed by atoms with van der Waals surface area (Å²) in [5.74, 6) is -1.65. The third-order valence-corrected chi connectivity index (χ3v) is 7.89. The van der Waals surface area contributed by atoms with Gasteiger partial charge in [0.25, 0.3) is 15.9 Å². The van der Waals surface area contributed by atoms with Crippen molar-refractivity contribution in [2.45, 2.75) is 4.90 Å². The molecule has 0 aliphatic carbocycles. The lowest BCUT2D eigenvalue weighted by molar-refractivity contribution is -0.386. The van der Waals surface area contributed by atoms with Crippen LogP contribution < -0.4 is 13.8 Å². The lowest BCUT2D eigenvalue weighted by Crippen LogP contribution is -2.37. The molecule has 0 saturated heterocycles. The van der Waals surface area contributed by atoms with E-state index >= 15 is 0 Å². The predicted octanol–water partition coefficient (Wildman–Crippen LogP) is 4.80. The molecule has 210 valence electrons. The number of hydrogen-bond donors (Lipinski definition) is 0. The van der Waals surface area contributed by atoms with Crippen molar-refractivity contribution >= 4 is 44.0 Å². The number of amides is 1. The largest absolute Gasteiger partial charge is 0.490 e. The molecule has 3 aromatic carbocycles. The molecule has 2 aromatic heterocycles. The lowest BCUT2D eigenvalue weighted by atomic mass is 10.1. The van der Waals surface area contributed by atoms with Gasteiger partial charge in [-0.25, -0.2) is 13.2 Å². The number of benzene rings is 3. The topological polar surface area (TPSA) is 159 Å². The number of carbonyl (C=O) groups excluding carboxylic acids is 2. The zero-order valence-electron chi connectivity index (χ0n) is 21.8. The summed E-state index contributed by atoms with van der Waals surface area (Å²) >= 11 is 0. The summed E-state index contributed by atoms with van der Waals surface area (Å²) in [5.41, 5.74) is -0.433. The van der Waals surface area contributed by atoms with Crippen molar-refractivity contribution in [1.29, 1.82) is 0 Å². The maximum Gasteiger partial charge on any atom is 0.343 e. The van der Waals surface area contributed by atoms with Gasteiger partial charge in [0.2, 0.25) is 0 Å². The molecule has 0 aliphatic rings. The van der Waals surface area contributed by atoms with Gasteiger partial charge in [-0.2, -0.15) is 4.31 Å². The van der Waals surface area contributed by atoms with Gasteiger partial charge in [0.1, 0.15) is 5.75 Å². The molecular formula is C29H20N4O8S. The number of hydrogen-bond acceptors (Lipinski definition) is 10. The zero-order chi connectivity index (χ0) is 29.9. The number of rotatable bonds is 8. The molecule has 0 unspecified atom stereocenters. The molecule has 1 amide bonds. The highest BCUT2D eigenvalue weighted by Crippen LogP contribution is 2.38. The molecule has 0 atom stereocenters. The van der Waals surface area contributed by atoms with Crippen molar-refractivity contribution in [2.75, 3.05) is 11.4 Å². The highest BCUT2D eigenvalue weighted by molar-refractivity contribution is 7.93. The van der Waals surface area contributed by atoms with Gasteiger partial charge in [-0.15, -0.1) is 0 Å². The Morgan fingerprint density at radius 2 is 1.40 bits per heavy atom. The van der Waals surface area contributed by atoms with Crippen LogP contribution in [0.4, 0.5) is 11.4 Å². The highest BCUT2D eigenvalue weighted by atomic mass is 32.2. The Morgan fingerprint density at radius 3 is 2.02 bits per heavy atom. The SMILES string of the molecule is COc1ccc(S(=O)(=O)N(C(=O)c2ccncc2)c2ccc(OC(=O)c3ccncc3)c3ccccc23)cc1[N+](=O)[O-]. The molecule has 13 heteroatoms. The van der Waals surface area contributed by atoms with Crippen molar-refractivity contribution in [2.24, 2.45) is 0 Å². The molecule has 0 N–H and O–H groups in total. The predicted molar refractivity (Wildman–Crippen MR) is 151 cm³/mol. The van der Waals surface area contributed by atoms with E-state index in [0.717, 1.165) is 18.2 Å². The number of carbonyl (C=O) groups is 2. The first-order valence-electron chi connectivity index (χ1n) is 12.2. The number of nitrogens with zero attached hydrogens (tertiary/aromatic N) is 4. The summed E-state index contributed by atoms with van der Waals surface area (Å²) in [7, 11) is -3.55. The zero-order valence-corrected chi connectivity index (χ0v) is 22.6. The van der Waals surface area contributed by atoms with Gasteiger partial charge in [-0.3, -0.25) is 24.9 Å². The van der Waals surface area contributed by atoms with Gasteiger partial charge in [0.05, 0.1) is 28.2 Å². The molecule has 5 aromatic rings. The van der Waals surface area contributed by atoms with Crippen LogP contribution in [-0.4, -0.2) is 42.3 Å². The third kappa shape index (κ3) is 5.23. The summed E-state index contributed by atoms with van der Waals surface area (Å²) in [6.45, 7) is 0. The van der Waals surface area contributed by atoms with E-state index in [9.17, 15) is 28.1 Å². The number of nitro groups is 1. The van der Waals surface area contributed by atoms with E-state index in [-0.39, 0.29) is 33.7 Å². The number of fused-ring (bicyclic) bond motifs is 1. The number of nitro benzene ring substituents is 1. The van der Waals surface area contributed by atoms with Gasteiger partial charge in [-0.1, -0.05) is 24.3 Å². The molecule has 42 heavy (non-hydrogen) atoms. The van der Waals surface area contributed by atoms with Gasteiger partial charge >= 0.3 is 11.7 Å². The van der Waals surface area contributed by atoms with E-state index in [0.29, 0.717) is 9.69 Å². The quantitative estimate of drug-likeness (QED) is 0.107. The van der Waals surface area contributed by atoms with Gasteiger partial charge in [-0.05, 0) is 48.5 Å². The van der Waals surface area contributed by atoms with E-state index in [4.69, 9.17) is 9.47 Å². The molecule has 0 fully saturated rings.